The molecule has 2 heteroatoms. The van der Waals surface area contributed by atoms with Crippen LogP contribution in [0.3, 0.4) is 0 Å². The van der Waals surface area contributed by atoms with E-state index in [0.717, 1.165) is 33.8 Å². The van der Waals surface area contributed by atoms with Crippen LogP contribution in [0, 0.1) is 0 Å². The van der Waals surface area contributed by atoms with Crippen molar-refractivity contribution in [2.45, 2.75) is 0 Å². The summed E-state index contributed by atoms with van der Waals surface area (Å²) >= 11 is 0. The summed E-state index contributed by atoms with van der Waals surface area (Å²) in [5.74, 6) is 0. The first-order valence-electron chi connectivity index (χ1n) is 17.0. The van der Waals surface area contributed by atoms with Gasteiger partial charge in [-0.25, -0.2) is 0 Å². The zero-order chi connectivity index (χ0) is 33.4. The van der Waals surface area contributed by atoms with E-state index in [-0.39, 0.29) is 0 Å². The lowest BCUT2D eigenvalue weighted by atomic mass is 9.95. The maximum atomic E-state index is 4.52. The summed E-state index contributed by atoms with van der Waals surface area (Å²) in [5, 5.41) is 2.48. The molecule has 2 nitrogen and oxygen atoms in total. The van der Waals surface area contributed by atoms with Gasteiger partial charge in [0.25, 0.3) is 0 Å². The van der Waals surface area contributed by atoms with Crippen LogP contribution in [-0.4, -0.2) is 4.57 Å². The SMILES string of the molecule is C=C1/C=C\C=C/N(c2ccc(-c3ccccc3)cc2)c2ccc(-c3cccc4c5ccccc5n(-c5ccc(-c6ccccc6)cc5)c34)cc21. The molecule has 0 radical (unpaired) electrons. The Morgan fingerprint density at radius 2 is 1.00 bits per heavy atom. The predicted molar refractivity (Wildman–Crippen MR) is 213 cm³/mol. The third-order valence-electron chi connectivity index (χ3n) is 9.74. The first-order chi connectivity index (χ1) is 24.7. The van der Waals surface area contributed by atoms with Crippen molar-refractivity contribution in [1.29, 1.82) is 0 Å². The number of para-hydroxylation sites is 2. The maximum absolute atomic E-state index is 4.52. The molecule has 8 aromatic rings. The Bertz CT molecular complexity index is 2570. The topological polar surface area (TPSA) is 8.17 Å². The van der Waals surface area contributed by atoms with E-state index in [4.69, 9.17) is 0 Å². The van der Waals surface area contributed by atoms with E-state index in [0.29, 0.717) is 0 Å². The third-order valence-corrected chi connectivity index (χ3v) is 9.74. The van der Waals surface area contributed by atoms with E-state index in [1.54, 1.807) is 0 Å². The average molecular weight is 639 g/mol. The lowest BCUT2D eigenvalue weighted by Crippen LogP contribution is -2.11. The van der Waals surface area contributed by atoms with E-state index in [1.807, 2.05) is 0 Å². The summed E-state index contributed by atoms with van der Waals surface area (Å²) in [6.45, 7) is 4.52. The minimum absolute atomic E-state index is 0.973. The standard InChI is InChI=1S/C48H34N2/c1-34-13-10-11-32-49(40-27-22-37(23-28-40)35-14-4-2-5-15-35)46-31-26-39(33-45(34)46)42-19-12-20-44-43-18-8-9-21-47(43)50(48(42)44)41-29-24-38(25-30-41)36-16-6-3-7-17-36/h2-33H,1H2/b13-10-,32-11-. The van der Waals surface area contributed by atoms with Crippen LogP contribution in [0.2, 0.25) is 0 Å². The molecule has 0 N–H and O–H groups in total. The van der Waals surface area contributed by atoms with Crippen molar-refractivity contribution in [1.82, 2.24) is 4.57 Å². The van der Waals surface area contributed by atoms with Crippen molar-refractivity contribution < 1.29 is 0 Å². The quantitative estimate of drug-likeness (QED) is 0.182. The molecule has 0 spiro atoms. The van der Waals surface area contributed by atoms with Crippen molar-refractivity contribution in [2.75, 3.05) is 4.90 Å². The number of nitrogens with zero attached hydrogens (tertiary/aromatic N) is 2. The highest BCUT2D eigenvalue weighted by atomic mass is 15.1. The molecule has 2 heterocycles. The molecule has 7 aromatic carbocycles. The van der Waals surface area contributed by atoms with Crippen LogP contribution in [0.15, 0.2) is 201 Å². The number of allylic oxidation sites excluding steroid dienone is 4. The van der Waals surface area contributed by atoms with E-state index in [9.17, 15) is 0 Å². The van der Waals surface area contributed by atoms with Gasteiger partial charge in [-0.2, -0.15) is 0 Å². The first kappa shape index (κ1) is 29.5. The zero-order valence-corrected chi connectivity index (χ0v) is 27.6. The van der Waals surface area contributed by atoms with Gasteiger partial charge in [-0.05, 0) is 81.9 Å². The molecule has 0 saturated carbocycles. The second-order valence-corrected chi connectivity index (χ2v) is 12.7. The van der Waals surface area contributed by atoms with Crippen LogP contribution in [0.5, 0.6) is 0 Å². The van der Waals surface area contributed by atoms with Crippen LogP contribution < -0.4 is 4.90 Å². The molecule has 0 aliphatic carbocycles. The first-order valence-corrected chi connectivity index (χ1v) is 17.0. The van der Waals surface area contributed by atoms with Crippen LogP contribution in [-0.2, 0) is 0 Å². The summed E-state index contributed by atoms with van der Waals surface area (Å²) < 4.78 is 2.42. The van der Waals surface area contributed by atoms with E-state index in [2.05, 4.69) is 210 Å². The van der Waals surface area contributed by atoms with E-state index in [1.165, 1.54) is 49.6 Å². The number of benzene rings is 7. The molecule has 50 heavy (non-hydrogen) atoms. The van der Waals surface area contributed by atoms with Crippen molar-refractivity contribution in [3.8, 4) is 39.1 Å². The second kappa shape index (κ2) is 12.4. The second-order valence-electron chi connectivity index (χ2n) is 12.7. The third kappa shape index (κ3) is 5.15. The van der Waals surface area contributed by atoms with Crippen LogP contribution in [0.25, 0.3) is 66.4 Å². The molecule has 1 aliphatic heterocycles. The van der Waals surface area contributed by atoms with Gasteiger partial charge in [-0.3, -0.25) is 0 Å². The molecule has 1 aromatic heterocycles. The van der Waals surface area contributed by atoms with Gasteiger partial charge in [0.05, 0.1) is 16.7 Å². The number of aromatic nitrogens is 1. The van der Waals surface area contributed by atoms with Crippen LogP contribution in [0.4, 0.5) is 11.4 Å². The Morgan fingerprint density at radius 1 is 0.420 bits per heavy atom. The predicted octanol–water partition coefficient (Wildman–Crippen LogP) is 13.0. The fourth-order valence-electron chi connectivity index (χ4n) is 7.27. The van der Waals surface area contributed by atoms with Crippen molar-refractivity contribution >= 4 is 38.8 Å². The molecule has 0 amide bonds. The highest BCUT2D eigenvalue weighted by Crippen LogP contribution is 2.42. The fraction of sp³-hybridized carbons (Fsp3) is 0. The molecule has 236 valence electrons. The van der Waals surface area contributed by atoms with Crippen molar-refractivity contribution in [2.24, 2.45) is 0 Å². The smallest absolute Gasteiger partial charge is 0.0619 e. The average Bonchev–Trinajstić information content (AvgIpc) is 3.53. The zero-order valence-electron chi connectivity index (χ0n) is 27.6. The lowest BCUT2D eigenvalue weighted by molar-refractivity contribution is 1.18. The van der Waals surface area contributed by atoms with Gasteiger partial charge in [0.15, 0.2) is 0 Å². The molecule has 0 fully saturated rings. The Labute approximate surface area is 292 Å². The highest BCUT2D eigenvalue weighted by Gasteiger charge is 2.19. The van der Waals surface area contributed by atoms with E-state index < -0.39 is 0 Å². The maximum Gasteiger partial charge on any atom is 0.0619 e. The van der Waals surface area contributed by atoms with Crippen molar-refractivity contribution in [3.05, 3.63) is 206 Å². The van der Waals surface area contributed by atoms with Crippen LogP contribution in [0.1, 0.15) is 5.56 Å². The van der Waals surface area contributed by atoms with Crippen LogP contribution >= 0.6 is 0 Å². The molecule has 0 unspecified atom stereocenters. The molecule has 0 bridgehead atoms. The molecular formula is C48H34N2. The highest BCUT2D eigenvalue weighted by molar-refractivity contribution is 6.14. The largest absolute Gasteiger partial charge is 0.317 e. The minimum Gasteiger partial charge on any atom is -0.317 e. The van der Waals surface area contributed by atoms with E-state index >= 15 is 0 Å². The molecular weight excluding hydrogens is 605 g/mol. The lowest BCUT2D eigenvalue weighted by Gasteiger charge is -2.26. The van der Waals surface area contributed by atoms with Gasteiger partial charge >= 0.3 is 0 Å². The number of anilines is 2. The Kier molecular flexibility index (Phi) is 7.33. The molecule has 0 saturated heterocycles. The monoisotopic (exact) mass is 638 g/mol. The van der Waals surface area contributed by atoms with Gasteiger partial charge in [-0.15, -0.1) is 0 Å². The number of rotatable bonds is 5. The Hall–Kier alpha value is -6.64. The van der Waals surface area contributed by atoms with Gasteiger partial charge in [-0.1, -0.05) is 146 Å². The number of fused-ring (bicyclic) bond motifs is 4. The summed E-state index contributed by atoms with van der Waals surface area (Å²) in [7, 11) is 0. The Balaban J connectivity index is 1.18. The minimum atomic E-state index is 0.973. The van der Waals surface area contributed by atoms with Gasteiger partial charge in [0.1, 0.15) is 0 Å². The summed E-state index contributed by atoms with van der Waals surface area (Å²) in [6, 6.07) is 61.0. The summed E-state index contributed by atoms with van der Waals surface area (Å²) in [5.41, 5.74) is 14.9. The van der Waals surface area contributed by atoms with Gasteiger partial charge < -0.3 is 9.47 Å². The summed E-state index contributed by atoms with van der Waals surface area (Å²) in [6.07, 6.45) is 8.38. The van der Waals surface area contributed by atoms with Crippen molar-refractivity contribution in [3.63, 3.8) is 0 Å². The van der Waals surface area contributed by atoms with Gasteiger partial charge in [0, 0.05) is 39.5 Å². The summed E-state index contributed by atoms with van der Waals surface area (Å²) in [4.78, 5) is 2.26. The number of hydrogen-bond acceptors (Lipinski definition) is 1. The number of hydrogen-bond donors (Lipinski definition) is 0. The molecule has 9 rings (SSSR count). The van der Waals surface area contributed by atoms with Gasteiger partial charge in [0.2, 0.25) is 0 Å². The normalized spacial score (nSPS) is 13.9. The Morgan fingerprint density at radius 3 is 1.70 bits per heavy atom. The fourth-order valence-corrected chi connectivity index (χ4v) is 7.27. The molecule has 0 atom stereocenters. The molecule has 1 aliphatic rings.